The van der Waals surface area contributed by atoms with Gasteiger partial charge in [-0.25, -0.2) is 0 Å². The molecule has 3 atom stereocenters. The Bertz CT molecular complexity index is 385. The Kier molecular flexibility index (Phi) is 5.05. The number of hydrogen-bond acceptors (Lipinski definition) is 3. The molecule has 0 amide bonds. The number of benzene rings is 1. The van der Waals surface area contributed by atoms with Crippen molar-refractivity contribution in [2.75, 3.05) is 11.5 Å². The second-order valence-electron chi connectivity index (χ2n) is 5.28. The maximum absolute atomic E-state index is 6.44. The summed E-state index contributed by atoms with van der Waals surface area (Å²) in [5, 5.41) is 1.29. The van der Waals surface area contributed by atoms with Gasteiger partial charge in [-0.3, -0.25) is 0 Å². The van der Waals surface area contributed by atoms with E-state index in [4.69, 9.17) is 5.73 Å². The molecule has 0 aliphatic carbocycles. The maximum atomic E-state index is 6.44. The van der Waals surface area contributed by atoms with Gasteiger partial charge in [0, 0.05) is 28.0 Å². The predicted molar refractivity (Wildman–Crippen MR) is 85.8 cm³/mol. The summed E-state index contributed by atoms with van der Waals surface area (Å²) in [6, 6.07) is 7.05. The van der Waals surface area contributed by atoms with E-state index < -0.39 is 0 Å². The summed E-state index contributed by atoms with van der Waals surface area (Å²) in [6.07, 6.45) is 1.01. The van der Waals surface area contributed by atoms with E-state index in [0.717, 1.165) is 6.42 Å². The van der Waals surface area contributed by atoms with Crippen molar-refractivity contribution in [2.24, 2.45) is 5.73 Å². The smallest absolute Gasteiger partial charge is 0.0318 e. The van der Waals surface area contributed by atoms with Crippen LogP contribution in [0.15, 0.2) is 18.2 Å². The van der Waals surface area contributed by atoms with Crippen LogP contribution in [0.1, 0.15) is 23.6 Å². The third-order valence-electron chi connectivity index (χ3n) is 3.41. The maximum Gasteiger partial charge on any atom is 0.0318 e. The molecule has 100 valence electrons. The molecule has 3 heteroatoms. The van der Waals surface area contributed by atoms with Crippen molar-refractivity contribution in [2.45, 2.75) is 43.7 Å². The van der Waals surface area contributed by atoms with Gasteiger partial charge in [-0.15, -0.1) is 0 Å². The van der Waals surface area contributed by atoms with Crippen molar-refractivity contribution in [3.63, 3.8) is 0 Å². The lowest BCUT2D eigenvalue weighted by Gasteiger charge is -2.32. The molecule has 1 heterocycles. The minimum atomic E-state index is 0.277. The molecule has 1 saturated heterocycles. The van der Waals surface area contributed by atoms with Gasteiger partial charge in [-0.1, -0.05) is 36.2 Å². The second-order valence-corrected chi connectivity index (χ2v) is 8.05. The predicted octanol–water partition coefficient (Wildman–Crippen LogP) is 3.41. The highest BCUT2D eigenvalue weighted by Crippen LogP contribution is 2.33. The topological polar surface area (TPSA) is 26.0 Å². The number of rotatable bonds is 3. The van der Waals surface area contributed by atoms with E-state index in [1.165, 1.54) is 28.2 Å². The van der Waals surface area contributed by atoms with Crippen LogP contribution in [0.5, 0.6) is 0 Å². The summed E-state index contributed by atoms with van der Waals surface area (Å²) in [7, 11) is 0. The summed E-state index contributed by atoms with van der Waals surface area (Å²) < 4.78 is 0. The van der Waals surface area contributed by atoms with Crippen LogP contribution in [-0.2, 0) is 6.42 Å². The second kappa shape index (κ2) is 6.36. The molecule has 1 fully saturated rings. The van der Waals surface area contributed by atoms with Gasteiger partial charge >= 0.3 is 0 Å². The highest BCUT2D eigenvalue weighted by Gasteiger charge is 2.28. The molecule has 1 aromatic rings. The number of thioether (sulfide) groups is 2. The first kappa shape index (κ1) is 14.3. The summed E-state index contributed by atoms with van der Waals surface area (Å²) in [5.74, 6) is 2.53. The van der Waals surface area contributed by atoms with Crippen LogP contribution in [0.4, 0.5) is 0 Å². The van der Waals surface area contributed by atoms with Crippen molar-refractivity contribution in [1.29, 1.82) is 0 Å². The lowest BCUT2D eigenvalue weighted by molar-refractivity contribution is 0.622. The molecular formula is C15H23NS2. The van der Waals surface area contributed by atoms with E-state index in [0.29, 0.717) is 10.5 Å². The number of aryl methyl sites for hydroxylation is 2. The lowest BCUT2D eigenvalue weighted by atomic mass is 9.99. The Balaban J connectivity index is 2.03. The zero-order chi connectivity index (χ0) is 13.1. The molecular weight excluding hydrogens is 258 g/mol. The molecule has 0 aromatic heterocycles. The Labute approximate surface area is 119 Å². The van der Waals surface area contributed by atoms with Gasteiger partial charge < -0.3 is 5.73 Å². The van der Waals surface area contributed by atoms with Crippen LogP contribution in [0.25, 0.3) is 0 Å². The van der Waals surface area contributed by atoms with E-state index in [-0.39, 0.29) is 6.04 Å². The van der Waals surface area contributed by atoms with Gasteiger partial charge in [0.25, 0.3) is 0 Å². The molecule has 2 N–H and O–H groups in total. The van der Waals surface area contributed by atoms with Crippen LogP contribution in [-0.4, -0.2) is 28.0 Å². The molecule has 1 aromatic carbocycles. The molecule has 0 spiro atoms. The van der Waals surface area contributed by atoms with Gasteiger partial charge in [0.2, 0.25) is 0 Å². The van der Waals surface area contributed by atoms with Crippen molar-refractivity contribution in [1.82, 2.24) is 0 Å². The van der Waals surface area contributed by atoms with Gasteiger partial charge in [-0.2, -0.15) is 23.5 Å². The first-order chi connectivity index (χ1) is 8.56. The molecule has 0 radical (unpaired) electrons. The van der Waals surface area contributed by atoms with Crippen LogP contribution in [0.2, 0.25) is 0 Å². The quantitative estimate of drug-likeness (QED) is 0.919. The molecule has 1 nitrogen and oxygen atoms in total. The molecule has 2 rings (SSSR count). The third-order valence-corrected chi connectivity index (χ3v) is 6.68. The average molecular weight is 281 g/mol. The SMILES string of the molecule is Cc1cc(C)cc(CC(N)C2SCCSC2C)c1. The summed E-state index contributed by atoms with van der Waals surface area (Å²) in [4.78, 5) is 0. The van der Waals surface area contributed by atoms with Gasteiger partial charge in [0.15, 0.2) is 0 Å². The first-order valence-corrected chi connectivity index (χ1v) is 8.72. The summed E-state index contributed by atoms with van der Waals surface area (Å²) in [6.45, 7) is 6.65. The van der Waals surface area contributed by atoms with Gasteiger partial charge in [0.1, 0.15) is 0 Å². The largest absolute Gasteiger partial charge is 0.326 e. The lowest BCUT2D eigenvalue weighted by Crippen LogP contribution is -2.42. The Morgan fingerprint density at radius 1 is 1.17 bits per heavy atom. The van der Waals surface area contributed by atoms with E-state index in [1.54, 1.807) is 0 Å². The Morgan fingerprint density at radius 2 is 1.78 bits per heavy atom. The van der Waals surface area contributed by atoms with Crippen LogP contribution < -0.4 is 5.73 Å². The molecule has 3 unspecified atom stereocenters. The number of nitrogens with two attached hydrogens (primary N) is 1. The third kappa shape index (κ3) is 3.69. The molecule has 0 bridgehead atoms. The zero-order valence-electron chi connectivity index (χ0n) is 11.5. The van der Waals surface area contributed by atoms with Crippen molar-refractivity contribution in [3.05, 3.63) is 34.9 Å². The Morgan fingerprint density at radius 3 is 2.39 bits per heavy atom. The molecule has 18 heavy (non-hydrogen) atoms. The van der Waals surface area contributed by atoms with E-state index >= 15 is 0 Å². The average Bonchev–Trinajstić information content (AvgIpc) is 2.27. The van der Waals surface area contributed by atoms with E-state index in [9.17, 15) is 0 Å². The standard InChI is InChI=1S/C15H23NS2/c1-10-6-11(2)8-13(7-10)9-14(16)15-12(3)17-4-5-18-15/h6-8,12,14-15H,4-5,9,16H2,1-3H3. The molecule has 1 aliphatic rings. The van der Waals surface area contributed by atoms with Crippen LogP contribution in [0, 0.1) is 13.8 Å². The summed E-state index contributed by atoms with van der Waals surface area (Å²) >= 11 is 4.13. The fourth-order valence-corrected chi connectivity index (χ4v) is 5.59. The van der Waals surface area contributed by atoms with Crippen molar-refractivity contribution >= 4 is 23.5 Å². The van der Waals surface area contributed by atoms with Crippen LogP contribution >= 0.6 is 23.5 Å². The number of hydrogen-bond donors (Lipinski definition) is 1. The van der Waals surface area contributed by atoms with Crippen LogP contribution in [0.3, 0.4) is 0 Å². The highest BCUT2D eigenvalue weighted by atomic mass is 32.2. The highest BCUT2D eigenvalue weighted by molar-refractivity contribution is 8.07. The van der Waals surface area contributed by atoms with Crippen molar-refractivity contribution < 1.29 is 0 Å². The van der Waals surface area contributed by atoms with E-state index in [1.807, 2.05) is 0 Å². The van der Waals surface area contributed by atoms with E-state index in [2.05, 4.69) is 62.5 Å². The molecule has 1 aliphatic heterocycles. The summed E-state index contributed by atoms with van der Waals surface area (Å²) in [5.41, 5.74) is 10.5. The minimum Gasteiger partial charge on any atom is -0.326 e. The van der Waals surface area contributed by atoms with Gasteiger partial charge in [-0.05, 0) is 25.8 Å². The first-order valence-electron chi connectivity index (χ1n) is 6.62. The zero-order valence-corrected chi connectivity index (χ0v) is 13.1. The monoisotopic (exact) mass is 281 g/mol. The fraction of sp³-hybridized carbons (Fsp3) is 0.600. The Hall–Kier alpha value is -0.120. The minimum absolute atomic E-state index is 0.277. The fourth-order valence-electron chi connectivity index (χ4n) is 2.70. The van der Waals surface area contributed by atoms with Crippen molar-refractivity contribution in [3.8, 4) is 0 Å². The molecule has 0 saturated carbocycles. The van der Waals surface area contributed by atoms with Gasteiger partial charge in [0.05, 0.1) is 0 Å². The normalized spacial score (nSPS) is 26.0.